The summed E-state index contributed by atoms with van der Waals surface area (Å²) in [6.07, 6.45) is 2.28. The third kappa shape index (κ3) is 2.21. The molecule has 6 heteroatoms. The Labute approximate surface area is 114 Å². The van der Waals surface area contributed by atoms with Crippen molar-refractivity contribution in [1.29, 1.82) is 0 Å². The third-order valence-corrected chi connectivity index (χ3v) is 5.76. The van der Waals surface area contributed by atoms with Gasteiger partial charge >= 0.3 is 0 Å². The van der Waals surface area contributed by atoms with Crippen LogP contribution in [0, 0.1) is 5.82 Å². The smallest absolute Gasteiger partial charge is 0.153 e. The van der Waals surface area contributed by atoms with E-state index < -0.39 is 26.5 Å². The highest BCUT2D eigenvalue weighted by molar-refractivity contribution is 9.10. The highest BCUT2D eigenvalue weighted by Crippen LogP contribution is 2.44. The van der Waals surface area contributed by atoms with Gasteiger partial charge in [0.1, 0.15) is 11.4 Å². The van der Waals surface area contributed by atoms with Crippen LogP contribution in [-0.2, 0) is 15.4 Å². The lowest BCUT2D eigenvalue weighted by atomic mass is 9.91. The SMILES string of the molecule is CS(=O)(=O)C1CCCC1(O)c1cccc(Br)c1F. The van der Waals surface area contributed by atoms with Crippen molar-refractivity contribution < 1.29 is 17.9 Å². The number of aliphatic hydroxyl groups is 1. The van der Waals surface area contributed by atoms with Crippen molar-refractivity contribution in [3.05, 3.63) is 34.1 Å². The van der Waals surface area contributed by atoms with Crippen LogP contribution in [0.25, 0.3) is 0 Å². The maximum atomic E-state index is 14.1. The second-order valence-electron chi connectivity index (χ2n) is 4.74. The Bertz CT molecular complexity index is 573. The first-order valence-corrected chi connectivity index (χ1v) is 8.37. The Morgan fingerprint density at radius 1 is 1.50 bits per heavy atom. The van der Waals surface area contributed by atoms with Crippen molar-refractivity contribution in [1.82, 2.24) is 0 Å². The summed E-state index contributed by atoms with van der Waals surface area (Å²) in [5.41, 5.74) is -1.56. The van der Waals surface area contributed by atoms with E-state index in [0.29, 0.717) is 12.8 Å². The first-order valence-electron chi connectivity index (χ1n) is 5.62. The first-order chi connectivity index (χ1) is 8.27. The number of hydrogen-bond donors (Lipinski definition) is 1. The molecule has 18 heavy (non-hydrogen) atoms. The van der Waals surface area contributed by atoms with E-state index >= 15 is 0 Å². The van der Waals surface area contributed by atoms with E-state index in [2.05, 4.69) is 15.9 Å². The van der Waals surface area contributed by atoms with Gasteiger partial charge in [-0.3, -0.25) is 0 Å². The Morgan fingerprint density at radius 2 is 2.17 bits per heavy atom. The molecular weight excluding hydrogens is 323 g/mol. The summed E-state index contributed by atoms with van der Waals surface area (Å²) in [6.45, 7) is 0. The average molecular weight is 337 g/mol. The highest BCUT2D eigenvalue weighted by atomic mass is 79.9. The minimum absolute atomic E-state index is 0.0600. The van der Waals surface area contributed by atoms with Gasteiger partial charge in [0.05, 0.1) is 9.72 Å². The number of benzene rings is 1. The van der Waals surface area contributed by atoms with Crippen molar-refractivity contribution in [2.24, 2.45) is 0 Å². The lowest BCUT2D eigenvalue weighted by Gasteiger charge is -2.30. The Morgan fingerprint density at radius 3 is 2.78 bits per heavy atom. The van der Waals surface area contributed by atoms with Gasteiger partial charge in [0, 0.05) is 11.8 Å². The molecule has 0 radical (unpaired) electrons. The maximum absolute atomic E-state index is 14.1. The van der Waals surface area contributed by atoms with Gasteiger partial charge in [0.2, 0.25) is 0 Å². The molecule has 0 saturated heterocycles. The minimum atomic E-state index is -3.42. The Hall–Kier alpha value is -0.460. The molecule has 1 aromatic carbocycles. The van der Waals surface area contributed by atoms with Crippen molar-refractivity contribution in [3.8, 4) is 0 Å². The second-order valence-corrected chi connectivity index (χ2v) is 7.82. The van der Waals surface area contributed by atoms with Crippen molar-refractivity contribution in [2.45, 2.75) is 30.1 Å². The summed E-state index contributed by atoms with van der Waals surface area (Å²) >= 11 is 3.05. The molecule has 1 N–H and O–H groups in total. The normalized spacial score (nSPS) is 28.6. The van der Waals surface area contributed by atoms with Crippen LogP contribution < -0.4 is 0 Å². The van der Waals surface area contributed by atoms with Gasteiger partial charge < -0.3 is 5.11 Å². The third-order valence-electron chi connectivity index (χ3n) is 3.49. The monoisotopic (exact) mass is 336 g/mol. The van der Waals surface area contributed by atoms with Gasteiger partial charge in [0.15, 0.2) is 9.84 Å². The molecule has 0 bridgehead atoms. The fourth-order valence-electron chi connectivity index (χ4n) is 2.67. The highest BCUT2D eigenvalue weighted by Gasteiger charge is 2.49. The molecule has 1 aromatic rings. The molecule has 0 amide bonds. The summed E-state index contributed by atoms with van der Waals surface area (Å²) < 4.78 is 37.7. The number of sulfone groups is 1. The largest absolute Gasteiger partial charge is 0.384 e. The zero-order valence-corrected chi connectivity index (χ0v) is 12.3. The van der Waals surface area contributed by atoms with Crippen LogP contribution >= 0.6 is 15.9 Å². The molecule has 1 aliphatic rings. The molecule has 0 aromatic heterocycles. The van der Waals surface area contributed by atoms with Gasteiger partial charge in [-0.2, -0.15) is 0 Å². The Balaban J connectivity index is 2.57. The molecule has 0 heterocycles. The molecular formula is C12H14BrFO3S. The van der Waals surface area contributed by atoms with E-state index in [4.69, 9.17) is 0 Å². The minimum Gasteiger partial charge on any atom is -0.384 e. The number of hydrogen-bond acceptors (Lipinski definition) is 3. The van der Waals surface area contributed by atoms with E-state index in [9.17, 15) is 17.9 Å². The van der Waals surface area contributed by atoms with Crippen LogP contribution in [0.3, 0.4) is 0 Å². The van der Waals surface area contributed by atoms with Crippen LogP contribution in [0.4, 0.5) is 4.39 Å². The predicted molar refractivity (Wildman–Crippen MR) is 70.5 cm³/mol. The quantitative estimate of drug-likeness (QED) is 0.902. The second kappa shape index (κ2) is 4.58. The molecule has 1 aliphatic carbocycles. The fourth-order valence-corrected chi connectivity index (χ4v) is 4.59. The van der Waals surface area contributed by atoms with Gasteiger partial charge in [-0.05, 0) is 41.3 Å². The maximum Gasteiger partial charge on any atom is 0.153 e. The van der Waals surface area contributed by atoms with Crippen LogP contribution in [-0.4, -0.2) is 25.0 Å². The zero-order chi connectivity index (χ0) is 13.6. The first kappa shape index (κ1) is 14.0. The summed E-state index contributed by atoms with van der Waals surface area (Å²) in [4.78, 5) is 0. The lowest BCUT2D eigenvalue weighted by Crippen LogP contribution is -2.40. The summed E-state index contributed by atoms with van der Waals surface area (Å²) in [5, 5.41) is 9.69. The molecule has 2 atom stereocenters. The summed E-state index contributed by atoms with van der Waals surface area (Å²) in [6, 6.07) is 4.56. The molecule has 1 saturated carbocycles. The van der Waals surface area contributed by atoms with E-state index in [-0.39, 0.29) is 16.5 Å². The average Bonchev–Trinajstić information content (AvgIpc) is 2.65. The molecule has 2 rings (SSSR count). The molecule has 100 valence electrons. The van der Waals surface area contributed by atoms with E-state index in [1.165, 1.54) is 12.1 Å². The molecule has 0 aliphatic heterocycles. The van der Waals surface area contributed by atoms with Gasteiger partial charge in [-0.1, -0.05) is 12.1 Å². The molecule has 0 spiro atoms. The molecule has 3 nitrogen and oxygen atoms in total. The summed E-state index contributed by atoms with van der Waals surface area (Å²) in [7, 11) is -3.42. The number of halogens is 2. The van der Waals surface area contributed by atoms with Gasteiger partial charge in [0.25, 0.3) is 0 Å². The van der Waals surface area contributed by atoms with Crippen molar-refractivity contribution >= 4 is 25.8 Å². The van der Waals surface area contributed by atoms with E-state index in [1.54, 1.807) is 6.07 Å². The predicted octanol–water partition coefficient (Wildman–Crippen LogP) is 2.37. The number of rotatable bonds is 2. The van der Waals surface area contributed by atoms with Crippen LogP contribution in [0.5, 0.6) is 0 Å². The van der Waals surface area contributed by atoms with Gasteiger partial charge in [-0.15, -0.1) is 0 Å². The van der Waals surface area contributed by atoms with Crippen LogP contribution in [0.2, 0.25) is 0 Å². The molecule has 1 fully saturated rings. The van der Waals surface area contributed by atoms with Crippen molar-refractivity contribution in [3.63, 3.8) is 0 Å². The van der Waals surface area contributed by atoms with E-state index in [1.807, 2.05) is 0 Å². The van der Waals surface area contributed by atoms with Crippen molar-refractivity contribution in [2.75, 3.05) is 6.26 Å². The Kier molecular flexibility index (Phi) is 3.55. The standard InChI is InChI=1S/C12H14BrFO3S/c1-18(16,17)10-6-3-7-12(10,15)8-4-2-5-9(13)11(8)14/h2,4-5,10,15H,3,6-7H2,1H3. The van der Waals surface area contributed by atoms with Crippen LogP contribution in [0.15, 0.2) is 22.7 Å². The van der Waals surface area contributed by atoms with E-state index in [0.717, 1.165) is 6.26 Å². The lowest BCUT2D eigenvalue weighted by molar-refractivity contribution is 0.0438. The van der Waals surface area contributed by atoms with Crippen LogP contribution in [0.1, 0.15) is 24.8 Å². The van der Waals surface area contributed by atoms with Gasteiger partial charge in [-0.25, -0.2) is 12.8 Å². The topological polar surface area (TPSA) is 54.4 Å². The zero-order valence-electron chi connectivity index (χ0n) is 9.86. The fraction of sp³-hybridized carbons (Fsp3) is 0.500. The molecule has 2 unspecified atom stereocenters. The summed E-state index contributed by atoms with van der Waals surface area (Å²) in [5.74, 6) is -0.587.